The van der Waals surface area contributed by atoms with Crippen molar-refractivity contribution in [3.05, 3.63) is 35.9 Å². The Morgan fingerprint density at radius 2 is 1.70 bits per heavy atom. The lowest BCUT2D eigenvalue weighted by molar-refractivity contribution is 0.0193. The van der Waals surface area contributed by atoms with E-state index in [1.165, 1.54) is 0 Å². The summed E-state index contributed by atoms with van der Waals surface area (Å²) in [6.45, 7) is 0.102. The maximum atomic E-state index is 9.89. The average molecular weight is 282 g/mol. The first-order valence-corrected chi connectivity index (χ1v) is 6.79. The fourth-order valence-corrected chi connectivity index (χ4v) is 2.53. The van der Waals surface area contributed by atoms with Crippen LogP contribution in [0, 0.1) is 0 Å². The van der Waals surface area contributed by atoms with Crippen molar-refractivity contribution in [3.8, 4) is 0 Å². The van der Waals surface area contributed by atoms with Crippen LogP contribution in [0.1, 0.15) is 11.6 Å². The Labute approximate surface area is 118 Å². The number of aliphatic hydroxyl groups excluding tert-OH is 4. The molecule has 0 amide bonds. The van der Waals surface area contributed by atoms with Crippen LogP contribution in [-0.4, -0.2) is 64.5 Å². The molecule has 1 aliphatic heterocycles. The van der Waals surface area contributed by atoms with Gasteiger partial charge in [0.1, 0.15) is 0 Å². The summed E-state index contributed by atoms with van der Waals surface area (Å²) in [4.78, 5) is 0. The van der Waals surface area contributed by atoms with Crippen molar-refractivity contribution in [2.75, 3.05) is 19.8 Å². The molecule has 6 heteroatoms. The van der Waals surface area contributed by atoms with Crippen LogP contribution < -0.4 is 10.6 Å². The molecule has 6 N–H and O–H groups in total. The molecule has 0 spiro atoms. The fourth-order valence-electron chi connectivity index (χ4n) is 2.53. The molecule has 0 radical (unpaired) electrons. The summed E-state index contributed by atoms with van der Waals surface area (Å²) < 4.78 is 0. The average Bonchev–Trinajstić information content (AvgIpc) is 2.77. The summed E-state index contributed by atoms with van der Waals surface area (Å²) >= 11 is 0. The van der Waals surface area contributed by atoms with Gasteiger partial charge in [0.2, 0.25) is 0 Å². The van der Waals surface area contributed by atoms with E-state index >= 15 is 0 Å². The molecule has 1 aromatic carbocycles. The second-order valence-electron chi connectivity index (χ2n) is 5.10. The van der Waals surface area contributed by atoms with Crippen molar-refractivity contribution >= 4 is 0 Å². The third kappa shape index (κ3) is 3.35. The first-order chi connectivity index (χ1) is 9.67. The van der Waals surface area contributed by atoms with Crippen LogP contribution in [0.5, 0.6) is 0 Å². The summed E-state index contributed by atoms with van der Waals surface area (Å²) in [6.07, 6.45) is -1.91. The van der Waals surface area contributed by atoms with Crippen molar-refractivity contribution < 1.29 is 20.4 Å². The molecular weight excluding hydrogens is 260 g/mol. The molecular formula is C14H22N2O4. The Kier molecular flexibility index (Phi) is 5.47. The van der Waals surface area contributed by atoms with E-state index in [0.717, 1.165) is 5.56 Å². The highest BCUT2D eigenvalue weighted by molar-refractivity contribution is 5.19. The lowest BCUT2D eigenvalue weighted by Gasteiger charge is -2.21. The van der Waals surface area contributed by atoms with Gasteiger partial charge < -0.3 is 31.1 Å². The molecule has 6 nitrogen and oxygen atoms in total. The van der Waals surface area contributed by atoms with E-state index < -0.39 is 18.2 Å². The van der Waals surface area contributed by atoms with Gasteiger partial charge in [0.15, 0.2) is 0 Å². The lowest BCUT2D eigenvalue weighted by Crippen LogP contribution is -2.44. The van der Waals surface area contributed by atoms with Crippen LogP contribution in [0.2, 0.25) is 0 Å². The summed E-state index contributed by atoms with van der Waals surface area (Å²) in [5.74, 6) is 0. The van der Waals surface area contributed by atoms with Gasteiger partial charge in [-0.25, -0.2) is 0 Å². The quantitative estimate of drug-likeness (QED) is 0.374. The second-order valence-corrected chi connectivity index (χ2v) is 5.10. The Morgan fingerprint density at radius 3 is 2.25 bits per heavy atom. The second kappa shape index (κ2) is 7.12. The van der Waals surface area contributed by atoms with Crippen molar-refractivity contribution in [1.82, 2.24) is 10.6 Å². The smallest absolute Gasteiger partial charge is 0.0989 e. The predicted octanol–water partition coefficient (Wildman–Crippen LogP) is -1.64. The van der Waals surface area contributed by atoms with Crippen molar-refractivity contribution in [2.45, 2.75) is 30.3 Å². The van der Waals surface area contributed by atoms with Gasteiger partial charge in [-0.1, -0.05) is 30.3 Å². The summed E-state index contributed by atoms with van der Waals surface area (Å²) in [6, 6.07) is 8.43. The molecule has 112 valence electrons. The molecule has 5 atom stereocenters. The number of nitrogens with one attached hydrogen (secondary N) is 2. The number of benzene rings is 1. The zero-order chi connectivity index (χ0) is 14.5. The largest absolute Gasteiger partial charge is 0.395 e. The summed E-state index contributed by atoms with van der Waals surface area (Å²) in [5, 5.41) is 44.3. The third-order valence-electron chi connectivity index (χ3n) is 3.77. The number of hydrogen-bond donors (Lipinski definition) is 6. The maximum Gasteiger partial charge on any atom is 0.0989 e. The highest BCUT2D eigenvalue weighted by Crippen LogP contribution is 2.16. The Balaban J connectivity index is 1.91. The zero-order valence-electron chi connectivity index (χ0n) is 11.2. The van der Waals surface area contributed by atoms with Crippen LogP contribution in [0.3, 0.4) is 0 Å². The molecule has 1 fully saturated rings. The van der Waals surface area contributed by atoms with Crippen LogP contribution in [0.25, 0.3) is 0 Å². The molecule has 20 heavy (non-hydrogen) atoms. The Morgan fingerprint density at radius 1 is 1.05 bits per heavy atom. The van der Waals surface area contributed by atoms with Gasteiger partial charge in [-0.05, 0) is 5.56 Å². The third-order valence-corrected chi connectivity index (χ3v) is 3.77. The molecule has 2 rings (SSSR count). The molecule has 0 saturated carbocycles. The van der Waals surface area contributed by atoms with E-state index in [-0.39, 0.29) is 25.3 Å². The van der Waals surface area contributed by atoms with Crippen molar-refractivity contribution in [1.29, 1.82) is 0 Å². The summed E-state index contributed by atoms with van der Waals surface area (Å²) in [7, 11) is 0. The zero-order valence-corrected chi connectivity index (χ0v) is 11.2. The van der Waals surface area contributed by atoms with Crippen molar-refractivity contribution in [2.24, 2.45) is 0 Å². The SMILES string of the molecule is OC[C@H](NC[C@H]1N[C@H](CO)[C@H](O)[C@@H]1O)c1ccccc1. The van der Waals surface area contributed by atoms with E-state index in [9.17, 15) is 15.3 Å². The van der Waals surface area contributed by atoms with Crippen LogP contribution in [0.15, 0.2) is 30.3 Å². The molecule has 0 aliphatic carbocycles. The minimum atomic E-state index is -0.976. The Hall–Kier alpha value is -1.02. The highest BCUT2D eigenvalue weighted by Gasteiger charge is 2.40. The molecule has 0 bridgehead atoms. The van der Waals surface area contributed by atoms with Gasteiger partial charge in [-0.2, -0.15) is 0 Å². The monoisotopic (exact) mass is 282 g/mol. The standard InChI is InChI=1S/C14H22N2O4/c17-7-11(9-4-2-1-3-5-9)15-6-10-13(19)14(20)12(8-18)16-10/h1-5,10-20H,6-8H2/t10-,11+,12-,13-,14+/m1/s1. The maximum absolute atomic E-state index is 9.89. The van der Waals surface area contributed by atoms with Crippen LogP contribution >= 0.6 is 0 Å². The van der Waals surface area contributed by atoms with Gasteiger partial charge >= 0.3 is 0 Å². The number of aliphatic hydroxyl groups is 4. The fraction of sp³-hybridized carbons (Fsp3) is 0.571. The molecule has 0 unspecified atom stereocenters. The van der Waals surface area contributed by atoms with E-state index in [1.807, 2.05) is 30.3 Å². The van der Waals surface area contributed by atoms with Gasteiger partial charge in [-0.3, -0.25) is 0 Å². The van der Waals surface area contributed by atoms with Gasteiger partial charge in [0.05, 0.1) is 37.5 Å². The molecule has 1 saturated heterocycles. The van der Waals surface area contributed by atoms with E-state index in [2.05, 4.69) is 10.6 Å². The van der Waals surface area contributed by atoms with Gasteiger partial charge in [0.25, 0.3) is 0 Å². The van der Waals surface area contributed by atoms with Crippen molar-refractivity contribution in [3.63, 3.8) is 0 Å². The van der Waals surface area contributed by atoms with Gasteiger partial charge in [0, 0.05) is 12.6 Å². The number of rotatable bonds is 6. The van der Waals surface area contributed by atoms with E-state index in [4.69, 9.17) is 5.11 Å². The molecule has 1 aromatic rings. The topological polar surface area (TPSA) is 105 Å². The van der Waals surface area contributed by atoms with E-state index in [0.29, 0.717) is 6.54 Å². The van der Waals surface area contributed by atoms with Crippen LogP contribution in [-0.2, 0) is 0 Å². The normalized spacial score (nSPS) is 31.4. The van der Waals surface area contributed by atoms with Gasteiger partial charge in [-0.15, -0.1) is 0 Å². The first kappa shape index (κ1) is 15.4. The minimum absolute atomic E-state index is 0.0567. The minimum Gasteiger partial charge on any atom is -0.395 e. The molecule has 1 aliphatic rings. The highest BCUT2D eigenvalue weighted by atomic mass is 16.3. The van der Waals surface area contributed by atoms with Crippen LogP contribution in [0.4, 0.5) is 0 Å². The Bertz CT molecular complexity index is 403. The molecule has 1 heterocycles. The first-order valence-electron chi connectivity index (χ1n) is 6.79. The molecule has 0 aromatic heterocycles. The lowest BCUT2D eigenvalue weighted by atomic mass is 10.1. The number of hydrogen-bond acceptors (Lipinski definition) is 6. The summed E-state index contributed by atoms with van der Waals surface area (Å²) in [5.41, 5.74) is 0.960. The predicted molar refractivity (Wildman–Crippen MR) is 74.1 cm³/mol. The van der Waals surface area contributed by atoms with E-state index in [1.54, 1.807) is 0 Å².